The van der Waals surface area contributed by atoms with E-state index in [1.807, 2.05) is 0 Å². The van der Waals surface area contributed by atoms with Crippen LogP contribution < -0.4 is 5.73 Å². The third kappa shape index (κ3) is 3.62. The number of aromatic nitrogens is 2. The smallest absolute Gasteiger partial charge is 0.243 e. The predicted octanol–water partition coefficient (Wildman–Crippen LogP) is 2.55. The summed E-state index contributed by atoms with van der Waals surface area (Å²) < 4.78 is 16.1. The molecule has 0 radical (unpaired) electrons. The Balaban J connectivity index is 2.11. The highest BCUT2D eigenvalue weighted by Gasteiger charge is 2.43. The molecule has 0 amide bonds. The van der Waals surface area contributed by atoms with Crippen molar-refractivity contribution in [3.8, 4) is 0 Å². The van der Waals surface area contributed by atoms with Gasteiger partial charge in [-0.25, -0.2) is 0 Å². The van der Waals surface area contributed by atoms with Gasteiger partial charge in [-0.2, -0.15) is 4.98 Å². The molecule has 1 saturated carbocycles. The van der Waals surface area contributed by atoms with Gasteiger partial charge < -0.3 is 19.7 Å². The van der Waals surface area contributed by atoms with Gasteiger partial charge in [-0.15, -0.1) is 0 Å². The van der Waals surface area contributed by atoms with E-state index in [1.165, 1.54) is 0 Å². The number of rotatable bonds is 6. The normalized spacial score (nSPS) is 22.1. The van der Waals surface area contributed by atoms with E-state index in [1.54, 1.807) is 14.2 Å². The van der Waals surface area contributed by atoms with Gasteiger partial charge in [0.25, 0.3) is 0 Å². The molecule has 6 nitrogen and oxygen atoms in total. The monoisotopic (exact) mass is 297 g/mol. The minimum Gasteiger partial charge on any atom is -0.385 e. The van der Waals surface area contributed by atoms with Crippen LogP contribution in [0.25, 0.3) is 0 Å². The van der Waals surface area contributed by atoms with Gasteiger partial charge in [0.15, 0.2) is 0 Å². The Bertz CT molecular complexity index is 449. The first-order valence-corrected chi connectivity index (χ1v) is 7.56. The van der Waals surface area contributed by atoms with Crippen LogP contribution in [-0.4, -0.2) is 31.0 Å². The number of hydrogen-bond acceptors (Lipinski definition) is 6. The topological polar surface area (TPSA) is 83.4 Å². The highest BCUT2D eigenvalue weighted by atomic mass is 16.5. The molecule has 2 N–H and O–H groups in total. The van der Waals surface area contributed by atoms with E-state index in [-0.39, 0.29) is 6.04 Å². The molecule has 21 heavy (non-hydrogen) atoms. The van der Waals surface area contributed by atoms with E-state index in [0.29, 0.717) is 30.2 Å². The molecule has 0 bridgehead atoms. The summed E-state index contributed by atoms with van der Waals surface area (Å²) in [5.41, 5.74) is 5.95. The number of methoxy groups -OCH3 is 2. The summed E-state index contributed by atoms with van der Waals surface area (Å²) in [6.07, 6.45) is 4.64. The van der Waals surface area contributed by atoms with E-state index in [0.717, 1.165) is 25.7 Å². The molecular formula is C15H27N3O3. The summed E-state index contributed by atoms with van der Waals surface area (Å²) in [6, 6.07) is -0.292. The molecule has 1 heterocycles. The van der Waals surface area contributed by atoms with Crippen LogP contribution in [0, 0.1) is 5.41 Å². The van der Waals surface area contributed by atoms with Crippen LogP contribution in [0.15, 0.2) is 4.52 Å². The van der Waals surface area contributed by atoms with Gasteiger partial charge in [0, 0.05) is 20.8 Å². The molecule has 1 aliphatic carbocycles. The van der Waals surface area contributed by atoms with E-state index in [2.05, 4.69) is 24.0 Å². The fraction of sp³-hybridized carbons (Fsp3) is 0.867. The summed E-state index contributed by atoms with van der Waals surface area (Å²) in [7, 11) is 3.37. The Morgan fingerprint density at radius 1 is 1.24 bits per heavy atom. The average molecular weight is 297 g/mol. The van der Waals surface area contributed by atoms with Crippen LogP contribution in [0.3, 0.4) is 0 Å². The van der Waals surface area contributed by atoms with Crippen LogP contribution in [0.4, 0.5) is 0 Å². The molecular weight excluding hydrogens is 270 g/mol. The second-order valence-corrected chi connectivity index (χ2v) is 6.71. The summed E-state index contributed by atoms with van der Waals surface area (Å²) in [6.45, 7) is 5.15. The quantitative estimate of drug-likeness (QED) is 0.868. The molecule has 120 valence electrons. The lowest BCUT2D eigenvalue weighted by molar-refractivity contribution is -0.0740. The van der Waals surface area contributed by atoms with E-state index < -0.39 is 5.60 Å². The predicted molar refractivity (Wildman–Crippen MR) is 78.7 cm³/mol. The van der Waals surface area contributed by atoms with E-state index in [4.69, 9.17) is 19.7 Å². The highest BCUT2D eigenvalue weighted by Crippen LogP contribution is 2.46. The van der Waals surface area contributed by atoms with Crippen molar-refractivity contribution in [1.82, 2.24) is 10.1 Å². The molecule has 2 rings (SSSR count). The van der Waals surface area contributed by atoms with Crippen molar-refractivity contribution in [2.24, 2.45) is 11.1 Å². The Morgan fingerprint density at radius 2 is 1.90 bits per heavy atom. The van der Waals surface area contributed by atoms with Crippen LogP contribution in [0.1, 0.15) is 63.7 Å². The minimum absolute atomic E-state index is 0.292. The summed E-state index contributed by atoms with van der Waals surface area (Å²) in [4.78, 5) is 4.49. The fourth-order valence-corrected chi connectivity index (χ4v) is 2.79. The molecule has 1 aromatic heterocycles. The highest BCUT2D eigenvalue weighted by molar-refractivity contribution is 5.06. The first-order chi connectivity index (χ1) is 9.92. The summed E-state index contributed by atoms with van der Waals surface area (Å²) in [5, 5.41) is 4.13. The Hall–Kier alpha value is -0.980. The Labute approximate surface area is 126 Å². The molecule has 0 saturated heterocycles. The third-order valence-electron chi connectivity index (χ3n) is 4.60. The van der Waals surface area contributed by atoms with Gasteiger partial charge in [-0.1, -0.05) is 19.0 Å². The van der Waals surface area contributed by atoms with Crippen LogP contribution >= 0.6 is 0 Å². The minimum atomic E-state index is -0.432. The molecule has 0 spiro atoms. The Morgan fingerprint density at radius 3 is 2.48 bits per heavy atom. The molecule has 1 atom stereocenters. The zero-order valence-corrected chi connectivity index (χ0v) is 13.5. The van der Waals surface area contributed by atoms with Crippen molar-refractivity contribution in [1.29, 1.82) is 0 Å². The lowest BCUT2D eigenvalue weighted by atomic mass is 9.70. The molecule has 1 unspecified atom stereocenters. The standard InChI is InChI=1S/C15H27N3O3/c1-14(2)6-8-15(20-4,9-7-14)13-17-12(21-18-13)11(16)5-10-19-3/h11H,5-10,16H2,1-4H3. The first kappa shape index (κ1) is 16.4. The fourth-order valence-electron chi connectivity index (χ4n) is 2.79. The number of nitrogens with zero attached hydrogens (tertiary/aromatic N) is 2. The van der Waals surface area contributed by atoms with Crippen molar-refractivity contribution in [2.45, 2.75) is 57.6 Å². The summed E-state index contributed by atoms with van der Waals surface area (Å²) >= 11 is 0. The van der Waals surface area contributed by atoms with Crippen molar-refractivity contribution in [3.63, 3.8) is 0 Å². The van der Waals surface area contributed by atoms with E-state index >= 15 is 0 Å². The molecule has 1 aliphatic rings. The van der Waals surface area contributed by atoms with Crippen molar-refractivity contribution in [2.75, 3.05) is 20.8 Å². The maximum Gasteiger partial charge on any atom is 0.243 e. The van der Waals surface area contributed by atoms with E-state index in [9.17, 15) is 0 Å². The number of nitrogens with two attached hydrogens (primary N) is 1. The SMILES string of the molecule is COCCC(N)c1nc(C2(OC)CCC(C)(C)CC2)no1. The lowest BCUT2D eigenvalue weighted by Crippen LogP contribution is -2.37. The second kappa shape index (κ2) is 6.42. The molecule has 1 aromatic rings. The van der Waals surface area contributed by atoms with Gasteiger partial charge in [0.05, 0.1) is 6.04 Å². The lowest BCUT2D eigenvalue weighted by Gasteiger charge is -2.40. The molecule has 0 aromatic carbocycles. The van der Waals surface area contributed by atoms with Crippen molar-refractivity contribution < 1.29 is 14.0 Å². The van der Waals surface area contributed by atoms with Gasteiger partial charge in [-0.05, 0) is 37.5 Å². The van der Waals surface area contributed by atoms with Crippen LogP contribution in [0.5, 0.6) is 0 Å². The van der Waals surface area contributed by atoms with Gasteiger partial charge in [0.2, 0.25) is 11.7 Å². The molecule has 6 heteroatoms. The van der Waals surface area contributed by atoms with Crippen LogP contribution in [-0.2, 0) is 15.1 Å². The van der Waals surface area contributed by atoms with Crippen molar-refractivity contribution >= 4 is 0 Å². The molecule has 0 aliphatic heterocycles. The third-order valence-corrected chi connectivity index (χ3v) is 4.60. The zero-order valence-electron chi connectivity index (χ0n) is 13.5. The van der Waals surface area contributed by atoms with Crippen molar-refractivity contribution in [3.05, 3.63) is 11.7 Å². The zero-order chi connectivity index (χ0) is 15.5. The first-order valence-electron chi connectivity index (χ1n) is 7.56. The maximum atomic E-state index is 6.03. The van der Waals surface area contributed by atoms with Gasteiger partial charge >= 0.3 is 0 Å². The van der Waals surface area contributed by atoms with Crippen LogP contribution in [0.2, 0.25) is 0 Å². The second-order valence-electron chi connectivity index (χ2n) is 6.71. The number of ether oxygens (including phenoxy) is 2. The molecule has 1 fully saturated rings. The van der Waals surface area contributed by atoms with Gasteiger partial charge in [-0.3, -0.25) is 0 Å². The largest absolute Gasteiger partial charge is 0.385 e. The number of hydrogen-bond donors (Lipinski definition) is 1. The van der Waals surface area contributed by atoms with Gasteiger partial charge in [0.1, 0.15) is 5.60 Å². The Kier molecular flexibility index (Phi) is 5.01. The summed E-state index contributed by atoms with van der Waals surface area (Å²) in [5.74, 6) is 1.09. The average Bonchev–Trinajstić information content (AvgIpc) is 2.96. The maximum absolute atomic E-state index is 6.03.